The molecule has 1 aromatic rings. The molecule has 2 aliphatic rings. The van der Waals surface area contributed by atoms with Gasteiger partial charge < -0.3 is 10.6 Å². The third-order valence-electron chi connectivity index (χ3n) is 4.55. The predicted molar refractivity (Wildman–Crippen MR) is 80.6 cm³/mol. The van der Waals surface area contributed by atoms with E-state index in [-0.39, 0.29) is 11.9 Å². The molecular weight excluding hydrogens is 270 g/mol. The van der Waals surface area contributed by atoms with Crippen molar-refractivity contribution in [2.75, 3.05) is 0 Å². The second-order valence-corrected chi connectivity index (χ2v) is 6.99. The van der Waals surface area contributed by atoms with Gasteiger partial charge in [-0.25, -0.2) is 4.98 Å². The van der Waals surface area contributed by atoms with Crippen molar-refractivity contribution in [3.8, 4) is 0 Å². The van der Waals surface area contributed by atoms with Crippen LogP contribution in [0, 0.1) is 12.8 Å². The van der Waals surface area contributed by atoms with Crippen molar-refractivity contribution >= 4 is 17.2 Å². The van der Waals surface area contributed by atoms with Crippen molar-refractivity contribution in [3.05, 3.63) is 16.1 Å². The van der Waals surface area contributed by atoms with Gasteiger partial charge in [0.05, 0.1) is 12.6 Å². The summed E-state index contributed by atoms with van der Waals surface area (Å²) in [6, 6.07) is 0.561. The van der Waals surface area contributed by atoms with Crippen molar-refractivity contribution in [1.29, 1.82) is 0 Å². The molecule has 3 unspecified atom stereocenters. The number of carbonyl (C=O) groups is 1. The molecule has 1 saturated heterocycles. The molecule has 20 heavy (non-hydrogen) atoms. The Labute approximate surface area is 124 Å². The van der Waals surface area contributed by atoms with Gasteiger partial charge in [0.25, 0.3) is 0 Å². The molecule has 0 bridgehead atoms. The number of aromatic nitrogens is 1. The van der Waals surface area contributed by atoms with Gasteiger partial charge in [0.15, 0.2) is 0 Å². The first-order valence-electron chi connectivity index (χ1n) is 7.67. The molecule has 0 aromatic carbocycles. The largest absolute Gasteiger partial charge is 0.348 e. The number of nitrogens with zero attached hydrogens (tertiary/aromatic N) is 1. The minimum atomic E-state index is -0.00425. The molecule has 1 aliphatic carbocycles. The third-order valence-corrected chi connectivity index (χ3v) is 5.51. The van der Waals surface area contributed by atoms with Crippen molar-refractivity contribution in [1.82, 2.24) is 15.6 Å². The average Bonchev–Trinajstić information content (AvgIpc) is 2.90. The van der Waals surface area contributed by atoms with Crippen LogP contribution in [0.25, 0.3) is 0 Å². The fraction of sp³-hybridized carbons (Fsp3) is 0.733. The van der Waals surface area contributed by atoms with Gasteiger partial charge in [-0.05, 0) is 38.5 Å². The molecule has 2 N–H and O–H groups in total. The minimum Gasteiger partial charge on any atom is -0.348 e. The smallest absolute Gasteiger partial charge is 0.237 e. The van der Waals surface area contributed by atoms with Crippen LogP contribution in [0.1, 0.15) is 49.2 Å². The lowest BCUT2D eigenvalue weighted by atomic mass is 9.77. The summed E-state index contributed by atoms with van der Waals surface area (Å²) in [6.45, 7) is 2.54. The van der Waals surface area contributed by atoms with Gasteiger partial charge in [-0.2, -0.15) is 0 Å². The summed E-state index contributed by atoms with van der Waals surface area (Å²) >= 11 is 1.61. The lowest BCUT2D eigenvalue weighted by Crippen LogP contribution is -2.54. The second kappa shape index (κ2) is 6.22. The van der Waals surface area contributed by atoms with E-state index in [1.165, 1.54) is 32.1 Å². The molecule has 0 spiro atoms. The normalized spacial score (nSPS) is 29.8. The molecule has 1 saturated carbocycles. The van der Waals surface area contributed by atoms with E-state index in [0.717, 1.165) is 23.0 Å². The first kappa shape index (κ1) is 14.0. The van der Waals surface area contributed by atoms with E-state index in [2.05, 4.69) is 15.6 Å². The SMILES string of the molecule is Cc1csc(CNC(=O)C2CCC3CCCCC3N2)n1. The molecule has 0 radical (unpaired) electrons. The summed E-state index contributed by atoms with van der Waals surface area (Å²) in [7, 11) is 0. The zero-order valence-corrected chi connectivity index (χ0v) is 12.8. The number of fused-ring (bicyclic) bond motifs is 1. The van der Waals surface area contributed by atoms with Crippen LogP contribution in [0.4, 0.5) is 0 Å². The molecular formula is C15H23N3OS. The Morgan fingerprint density at radius 2 is 2.25 bits per heavy atom. The fourth-order valence-electron chi connectivity index (χ4n) is 3.47. The van der Waals surface area contributed by atoms with Crippen molar-refractivity contribution in [2.45, 2.75) is 64.1 Å². The molecule has 1 aromatic heterocycles. The number of aryl methyl sites for hydroxylation is 1. The van der Waals surface area contributed by atoms with Crippen LogP contribution in [-0.4, -0.2) is 23.0 Å². The molecule has 4 nitrogen and oxygen atoms in total. The van der Waals surface area contributed by atoms with E-state index in [0.29, 0.717) is 12.6 Å². The van der Waals surface area contributed by atoms with Gasteiger partial charge in [-0.15, -0.1) is 11.3 Å². The Hall–Kier alpha value is -0.940. The molecule has 5 heteroatoms. The Morgan fingerprint density at radius 3 is 3.05 bits per heavy atom. The van der Waals surface area contributed by atoms with E-state index < -0.39 is 0 Å². The van der Waals surface area contributed by atoms with E-state index in [1.54, 1.807) is 11.3 Å². The first-order chi connectivity index (χ1) is 9.72. The molecule has 2 heterocycles. The highest BCUT2D eigenvalue weighted by Crippen LogP contribution is 2.32. The van der Waals surface area contributed by atoms with E-state index in [9.17, 15) is 4.79 Å². The summed E-state index contributed by atoms with van der Waals surface area (Å²) in [5.74, 6) is 0.941. The number of hydrogen-bond acceptors (Lipinski definition) is 4. The first-order valence-corrected chi connectivity index (χ1v) is 8.55. The number of rotatable bonds is 3. The molecule has 3 atom stereocenters. The van der Waals surface area contributed by atoms with Crippen molar-refractivity contribution in [2.24, 2.45) is 5.92 Å². The topological polar surface area (TPSA) is 54.0 Å². The van der Waals surface area contributed by atoms with E-state index in [1.807, 2.05) is 12.3 Å². The number of carbonyl (C=O) groups excluding carboxylic acids is 1. The summed E-state index contributed by atoms with van der Waals surface area (Å²) in [6.07, 6.45) is 7.42. The number of thiazole rings is 1. The van der Waals surface area contributed by atoms with Gasteiger partial charge in [-0.1, -0.05) is 12.8 Å². The Bertz CT molecular complexity index is 473. The van der Waals surface area contributed by atoms with Crippen LogP contribution >= 0.6 is 11.3 Å². The van der Waals surface area contributed by atoms with E-state index in [4.69, 9.17) is 0 Å². The quantitative estimate of drug-likeness (QED) is 0.899. The van der Waals surface area contributed by atoms with Gasteiger partial charge >= 0.3 is 0 Å². The average molecular weight is 293 g/mol. The zero-order valence-electron chi connectivity index (χ0n) is 12.0. The van der Waals surface area contributed by atoms with Gasteiger partial charge in [0.2, 0.25) is 5.91 Å². The van der Waals surface area contributed by atoms with Crippen LogP contribution in [0.15, 0.2) is 5.38 Å². The molecule has 1 aliphatic heterocycles. The Morgan fingerprint density at radius 1 is 1.40 bits per heavy atom. The van der Waals surface area contributed by atoms with Crippen LogP contribution in [-0.2, 0) is 11.3 Å². The Balaban J connectivity index is 1.50. The highest BCUT2D eigenvalue weighted by Gasteiger charge is 2.34. The summed E-state index contributed by atoms with van der Waals surface area (Å²) in [5, 5.41) is 9.60. The maximum Gasteiger partial charge on any atom is 0.237 e. The van der Waals surface area contributed by atoms with Crippen LogP contribution in [0.2, 0.25) is 0 Å². The van der Waals surface area contributed by atoms with Crippen LogP contribution < -0.4 is 10.6 Å². The monoisotopic (exact) mass is 293 g/mol. The van der Waals surface area contributed by atoms with E-state index >= 15 is 0 Å². The van der Waals surface area contributed by atoms with Gasteiger partial charge in [0, 0.05) is 17.1 Å². The fourth-order valence-corrected chi connectivity index (χ4v) is 4.18. The minimum absolute atomic E-state index is 0.00425. The summed E-state index contributed by atoms with van der Waals surface area (Å²) < 4.78 is 0. The highest BCUT2D eigenvalue weighted by molar-refractivity contribution is 7.09. The molecule has 1 amide bonds. The third kappa shape index (κ3) is 3.20. The molecule has 2 fully saturated rings. The molecule has 110 valence electrons. The maximum absolute atomic E-state index is 12.3. The number of amides is 1. The van der Waals surface area contributed by atoms with Crippen molar-refractivity contribution < 1.29 is 4.79 Å². The van der Waals surface area contributed by atoms with Gasteiger partial charge in [0.1, 0.15) is 5.01 Å². The summed E-state index contributed by atoms with van der Waals surface area (Å²) in [4.78, 5) is 16.6. The molecule has 3 rings (SSSR count). The summed E-state index contributed by atoms with van der Waals surface area (Å²) in [5.41, 5.74) is 1.03. The lowest BCUT2D eigenvalue weighted by Gasteiger charge is -2.39. The second-order valence-electron chi connectivity index (χ2n) is 6.05. The highest BCUT2D eigenvalue weighted by atomic mass is 32.1. The lowest BCUT2D eigenvalue weighted by molar-refractivity contribution is -0.124. The Kier molecular flexibility index (Phi) is 4.36. The number of hydrogen-bond donors (Lipinski definition) is 2. The van der Waals surface area contributed by atoms with Gasteiger partial charge in [-0.3, -0.25) is 4.79 Å². The van der Waals surface area contributed by atoms with Crippen molar-refractivity contribution in [3.63, 3.8) is 0 Å². The number of nitrogens with one attached hydrogen (secondary N) is 2. The number of piperidine rings is 1. The van der Waals surface area contributed by atoms with Crippen LogP contribution in [0.5, 0.6) is 0 Å². The predicted octanol–water partition coefficient (Wildman–Crippen LogP) is 2.38. The standard InChI is InChI=1S/C15H23N3OS/c1-10-9-20-14(17-10)8-16-15(19)13-7-6-11-4-2-3-5-12(11)18-13/h9,11-13,18H,2-8H2,1H3,(H,16,19). The zero-order chi connectivity index (χ0) is 13.9. The van der Waals surface area contributed by atoms with Crippen LogP contribution in [0.3, 0.4) is 0 Å². The maximum atomic E-state index is 12.3.